The molecule has 2 aromatic carbocycles. The predicted molar refractivity (Wildman–Crippen MR) is 128 cm³/mol. The van der Waals surface area contributed by atoms with Crippen LogP contribution in [0.15, 0.2) is 59.5 Å². The highest BCUT2D eigenvalue weighted by atomic mass is 32.2. The first-order chi connectivity index (χ1) is 17.2. The highest BCUT2D eigenvalue weighted by molar-refractivity contribution is 7.89. The summed E-state index contributed by atoms with van der Waals surface area (Å²) in [6.07, 6.45) is -5.70. The summed E-state index contributed by atoms with van der Waals surface area (Å²) in [5, 5.41) is 0. The summed E-state index contributed by atoms with van der Waals surface area (Å²) in [6.45, 7) is 4.43. The van der Waals surface area contributed by atoms with Crippen LogP contribution in [0.4, 0.5) is 13.2 Å². The van der Waals surface area contributed by atoms with Crippen LogP contribution in [-0.2, 0) is 40.4 Å². The Morgan fingerprint density at radius 3 is 2.19 bits per heavy atom. The van der Waals surface area contributed by atoms with Crippen molar-refractivity contribution in [2.75, 3.05) is 13.7 Å². The van der Waals surface area contributed by atoms with Gasteiger partial charge in [-0.05, 0) is 43.5 Å². The number of halogens is 3. The van der Waals surface area contributed by atoms with E-state index in [1.165, 1.54) is 0 Å². The number of nitrogens with one attached hydrogen (secondary N) is 1. The molecule has 0 saturated carbocycles. The summed E-state index contributed by atoms with van der Waals surface area (Å²) < 4.78 is 82.6. The molecule has 12 heteroatoms. The van der Waals surface area contributed by atoms with Gasteiger partial charge >= 0.3 is 18.1 Å². The quantitative estimate of drug-likeness (QED) is 0.340. The largest absolute Gasteiger partial charge is 0.490 e. The molecule has 0 fully saturated rings. The van der Waals surface area contributed by atoms with Crippen molar-refractivity contribution in [2.45, 2.75) is 50.6 Å². The monoisotopic (exact) mass is 543 g/mol. The molecule has 202 valence electrons. The minimum Gasteiger partial charge on any atom is -0.466 e. The number of hydrogen-bond donors (Lipinski definition) is 1. The topological polar surface area (TPSA) is 108 Å². The Kier molecular flexibility index (Phi) is 10.4. The summed E-state index contributed by atoms with van der Waals surface area (Å²) in [6, 6.07) is 10.5. The van der Waals surface area contributed by atoms with Crippen molar-refractivity contribution in [3.05, 3.63) is 76.9 Å². The lowest BCUT2D eigenvalue weighted by atomic mass is 10.1. The van der Waals surface area contributed by atoms with Crippen LogP contribution in [0.25, 0.3) is 0 Å². The maximum absolute atomic E-state index is 13.4. The summed E-state index contributed by atoms with van der Waals surface area (Å²) in [7, 11) is -3.31. The molecule has 0 aliphatic heterocycles. The second kappa shape index (κ2) is 12.8. The first kappa shape index (κ1) is 30.0. The molecule has 0 saturated heterocycles. The molecule has 0 aromatic heterocycles. The molecule has 0 aliphatic carbocycles. The molecule has 0 bridgehead atoms. The molecule has 1 N–H and O–H groups in total. The molecule has 0 aliphatic rings. The number of ether oxygens (including phenoxy) is 3. The fourth-order valence-corrected chi connectivity index (χ4v) is 5.29. The SMILES string of the molecule is COC(=O)/C=C/[C@H](OC(=O)C(F)(F)F)[C@H](COCc1ccccc1)NS(=O)(=O)c1c(C)cc(C)cc1C. The molecule has 2 atom stereocenters. The standard InChI is InChI=1S/C25H28F3NO7S/c1-16-12-17(2)23(18(3)13-16)37(32,33)29-20(15-35-14-19-8-6-5-7-9-19)21(10-11-22(30)34-4)36-24(31)25(26,27)28/h5-13,20-21,29H,14-15H2,1-4H3/b11-10+/t20-,21-/m0/s1. The molecular weight excluding hydrogens is 515 g/mol. The molecule has 0 spiro atoms. The highest BCUT2D eigenvalue weighted by Gasteiger charge is 2.43. The van der Waals surface area contributed by atoms with Crippen molar-refractivity contribution in [1.29, 1.82) is 0 Å². The molecule has 0 heterocycles. The van der Waals surface area contributed by atoms with Gasteiger partial charge in [0.1, 0.15) is 6.10 Å². The van der Waals surface area contributed by atoms with Gasteiger partial charge in [-0.25, -0.2) is 22.7 Å². The zero-order valence-electron chi connectivity index (χ0n) is 20.7. The van der Waals surface area contributed by atoms with Gasteiger partial charge in [0, 0.05) is 6.08 Å². The molecule has 0 amide bonds. The average Bonchev–Trinajstić information content (AvgIpc) is 2.79. The highest BCUT2D eigenvalue weighted by Crippen LogP contribution is 2.24. The zero-order chi connectivity index (χ0) is 27.8. The van der Waals surface area contributed by atoms with Crippen LogP contribution in [0, 0.1) is 20.8 Å². The number of sulfonamides is 1. The van der Waals surface area contributed by atoms with Crippen LogP contribution in [0.2, 0.25) is 0 Å². The summed E-state index contributed by atoms with van der Waals surface area (Å²) >= 11 is 0. The fourth-order valence-electron chi connectivity index (χ4n) is 3.61. The smallest absolute Gasteiger partial charge is 0.466 e. The molecule has 0 radical (unpaired) electrons. The van der Waals surface area contributed by atoms with Crippen molar-refractivity contribution in [3.63, 3.8) is 0 Å². The van der Waals surface area contributed by atoms with Crippen LogP contribution >= 0.6 is 0 Å². The minimum atomic E-state index is -5.37. The number of carbonyl (C=O) groups excluding carboxylic acids is 2. The third-order valence-electron chi connectivity index (χ3n) is 5.08. The Morgan fingerprint density at radius 2 is 1.65 bits per heavy atom. The van der Waals surface area contributed by atoms with E-state index in [1.54, 1.807) is 63.2 Å². The number of carbonyl (C=O) groups is 2. The third kappa shape index (κ3) is 8.99. The molecular formula is C25H28F3NO7S. The average molecular weight is 544 g/mol. The van der Waals surface area contributed by atoms with Gasteiger partial charge < -0.3 is 14.2 Å². The number of benzene rings is 2. The molecule has 8 nitrogen and oxygen atoms in total. The number of methoxy groups -OCH3 is 1. The van der Waals surface area contributed by atoms with Crippen LogP contribution in [-0.4, -0.2) is 52.4 Å². The second-order valence-electron chi connectivity index (χ2n) is 8.21. The van der Waals surface area contributed by atoms with Gasteiger partial charge in [0.2, 0.25) is 10.0 Å². The van der Waals surface area contributed by atoms with Gasteiger partial charge in [0.05, 0.1) is 31.3 Å². The Labute approximate surface area is 213 Å². The number of esters is 2. The van der Waals surface area contributed by atoms with Crippen molar-refractivity contribution in [3.8, 4) is 0 Å². The number of alkyl halides is 3. The van der Waals surface area contributed by atoms with Crippen LogP contribution in [0.3, 0.4) is 0 Å². The minimum absolute atomic E-state index is 0.0116. The Morgan fingerprint density at radius 1 is 1.05 bits per heavy atom. The summed E-state index contributed by atoms with van der Waals surface area (Å²) in [5.41, 5.74) is 2.34. The maximum Gasteiger partial charge on any atom is 0.490 e. The van der Waals surface area contributed by atoms with E-state index in [0.717, 1.165) is 24.8 Å². The summed E-state index contributed by atoms with van der Waals surface area (Å²) in [4.78, 5) is 23.2. The first-order valence-corrected chi connectivity index (χ1v) is 12.5. The van der Waals surface area contributed by atoms with Crippen molar-refractivity contribution in [2.24, 2.45) is 0 Å². The molecule has 0 unspecified atom stereocenters. The Bertz CT molecular complexity index is 1210. The predicted octanol–water partition coefficient (Wildman–Crippen LogP) is 3.68. The van der Waals surface area contributed by atoms with Gasteiger partial charge in [-0.2, -0.15) is 13.2 Å². The van der Waals surface area contributed by atoms with E-state index in [-0.39, 0.29) is 11.5 Å². The lowest BCUT2D eigenvalue weighted by Gasteiger charge is -2.27. The molecule has 37 heavy (non-hydrogen) atoms. The van der Waals surface area contributed by atoms with Crippen LogP contribution < -0.4 is 4.72 Å². The van der Waals surface area contributed by atoms with E-state index in [1.807, 2.05) is 0 Å². The van der Waals surface area contributed by atoms with Gasteiger partial charge in [-0.15, -0.1) is 0 Å². The maximum atomic E-state index is 13.4. The Hall–Kier alpha value is -3.22. The van der Waals surface area contributed by atoms with E-state index < -0.39 is 46.9 Å². The van der Waals surface area contributed by atoms with Crippen LogP contribution in [0.1, 0.15) is 22.3 Å². The van der Waals surface area contributed by atoms with Crippen molar-refractivity contribution < 1.29 is 45.4 Å². The zero-order valence-corrected chi connectivity index (χ0v) is 21.5. The third-order valence-corrected chi connectivity index (χ3v) is 6.88. The van der Waals surface area contributed by atoms with Crippen molar-refractivity contribution in [1.82, 2.24) is 4.72 Å². The lowest BCUT2D eigenvalue weighted by molar-refractivity contribution is -0.204. The van der Waals surface area contributed by atoms with E-state index >= 15 is 0 Å². The van der Waals surface area contributed by atoms with Gasteiger partial charge in [-0.1, -0.05) is 48.0 Å². The van der Waals surface area contributed by atoms with Crippen molar-refractivity contribution >= 4 is 22.0 Å². The fraction of sp³-hybridized carbons (Fsp3) is 0.360. The molecule has 2 aromatic rings. The van der Waals surface area contributed by atoms with Gasteiger partial charge in [-0.3, -0.25) is 0 Å². The lowest BCUT2D eigenvalue weighted by Crippen LogP contribution is -2.48. The van der Waals surface area contributed by atoms with Gasteiger partial charge in [0.25, 0.3) is 0 Å². The first-order valence-electron chi connectivity index (χ1n) is 11.0. The number of hydrogen-bond acceptors (Lipinski definition) is 7. The van der Waals surface area contributed by atoms with E-state index in [4.69, 9.17) is 4.74 Å². The summed E-state index contributed by atoms with van der Waals surface area (Å²) in [5.74, 6) is -3.52. The Balaban J connectivity index is 2.46. The van der Waals surface area contributed by atoms with E-state index in [0.29, 0.717) is 16.7 Å². The number of aryl methyl sites for hydroxylation is 3. The molecule has 2 rings (SSSR count). The van der Waals surface area contributed by atoms with E-state index in [9.17, 15) is 31.2 Å². The van der Waals surface area contributed by atoms with Crippen LogP contribution in [0.5, 0.6) is 0 Å². The van der Waals surface area contributed by atoms with Gasteiger partial charge in [0.15, 0.2) is 0 Å². The normalized spacial score (nSPS) is 13.8. The number of rotatable bonds is 11. The van der Waals surface area contributed by atoms with E-state index in [2.05, 4.69) is 14.2 Å². The second-order valence-corrected chi connectivity index (χ2v) is 9.86.